The fourth-order valence-electron chi connectivity index (χ4n) is 2.05. The summed E-state index contributed by atoms with van der Waals surface area (Å²) in [4.78, 5) is 0. The monoisotopic (exact) mass is 371 g/mol. The molecule has 2 aromatic rings. The van der Waals surface area contributed by atoms with Gasteiger partial charge in [0.1, 0.15) is 5.75 Å². The maximum absolute atomic E-state index is 14.0. The zero-order valence-corrected chi connectivity index (χ0v) is 14.1. The van der Waals surface area contributed by atoms with Gasteiger partial charge in [-0.05, 0) is 43.8 Å². The number of rotatable bonds is 5. The lowest BCUT2D eigenvalue weighted by molar-refractivity contribution is 0.430. The molecule has 0 saturated heterocycles. The Morgan fingerprint density at radius 2 is 2.05 bits per heavy atom. The zero-order valence-electron chi connectivity index (χ0n) is 11.8. The van der Waals surface area contributed by atoms with Crippen LogP contribution in [-0.2, 0) is 0 Å². The molecule has 0 fully saturated rings. The molecule has 0 heterocycles. The van der Waals surface area contributed by atoms with Gasteiger partial charge in [0, 0.05) is 16.1 Å². The van der Waals surface area contributed by atoms with Crippen LogP contribution >= 0.6 is 27.5 Å². The van der Waals surface area contributed by atoms with Crippen LogP contribution in [0.4, 0.5) is 4.39 Å². The molecule has 1 atom stereocenters. The number of nitrogens with one attached hydrogen (secondary N) is 1. The zero-order chi connectivity index (χ0) is 15.4. The largest absolute Gasteiger partial charge is 0.454 e. The Bertz CT molecular complexity index is 636. The van der Waals surface area contributed by atoms with Crippen molar-refractivity contribution in [3.05, 3.63) is 57.3 Å². The predicted octanol–water partition coefficient (Wildman–Crippen LogP) is 5.70. The first-order chi connectivity index (χ1) is 10.0. The summed E-state index contributed by atoms with van der Waals surface area (Å²) in [5.74, 6) is 0.173. The molecule has 1 N–H and O–H groups in total. The van der Waals surface area contributed by atoms with Gasteiger partial charge in [0.15, 0.2) is 11.6 Å². The van der Waals surface area contributed by atoms with Crippen molar-refractivity contribution in [2.75, 3.05) is 6.54 Å². The molecule has 2 nitrogen and oxygen atoms in total. The third-order valence-electron chi connectivity index (χ3n) is 3.08. The molecule has 112 valence electrons. The van der Waals surface area contributed by atoms with Crippen molar-refractivity contribution in [2.45, 2.75) is 19.9 Å². The van der Waals surface area contributed by atoms with Crippen LogP contribution in [0.25, 0.3) is 0 Å². The van der Waals surface area contributed by atoms with Crippen molar-refractivity contribution >= 4 is 27.5 Å². The maximum Gasteiger partial charge on any atom is 0.184 e. The summed E-state index contributed by atoms with van der Waals surface area (Å²) in [6.45, 7) is 4.90. The van der Waals surface area contributed by atoms with Gasteiger partial charge in [-0.1, -0.05) is 40.5 Å². The van der Waals surface area contributed by atoms with Gasteiger partial charge in [-0.25, -0.2) is 4.39 Å². The van der Waals surface area contributed by atoms with E-state index in [1.165, 1.54) is 6.07 Å². The molecule has 0 aliphatic rings. The van der Waals surface area contributed by atoms with Crippen molar-refractivity contribution < 1.29 is 9.13 Å². The van der Waals surface area contributed by atoms with E-state index in [9.17, 15) is 4.39 Å². The van der Waals surface area contributed by atoms with Crippen molar-refractivity contribution in [3.8, 4) is 11.5 Å². The minimum Gasteiger partial charge on any atom is -0.454 e. The second kappa shape index (κ2) is 7.25. The topological polar surface area (TPSA) is 21.3 Å². The highest BCUT2D eigenvalue weighted by Crippen LogP contribution is 2.34. The van der Waals surface area contributed by atoms with E-state index in [-0.39, 0.29) is 16.8 Å². The highest BCUT2D eigenvalue weighted by atomic mass is 79.9. The summed E-state index contributed by atoms with van der Waals surface area (Å²) >= 11 is 9.23. The fourth-order valence-corrected chi connectivity index (χ4v) is 2.59. The summed E-state index contributed by atoms with van der Waals surface area (Å²) in [5, 5.41) is 3.37. The molecule has 2 aromatic carbocycles. The lowest BCUT2D eigenvalue weighted by Gasteiger charge is -2.18. The number of hydrogen-bond donors (Lipinski definition) is 1. The van der Waals surface area contributed by atoms with Crippen LogP contribution in [-0.4, -0.2) is 6.54 Å². The standard InChI is InChI=1S/C16H16BrClFNO/c1-3-20-10(2)12-9-11(17)7-8-14(12)21-15-6-4-5-13(18)16(15)19/h4-10,20H,3H2,1-2H3. The molecule has 2 rings (SSSR count). The Kier molecular flexibility index (Phi) is 5.62. The van der Waals surface area contributed by atoms with Crippen molar-refractivity contribution in [2.24, 2.45) is 0 Å². The summed E-state index contributed by atoms with van der Waals surface area (Å²) in [7, 11) is 0. The first-order valence-electron chi connectivity index (χ1n) is 6.67. The van der Waals surface area contributed by atoms with Crippen LogP contribution in [0.3, 0.4) is 0 Å². The van der Waals surface area contributed by atoms with Gasteiger partial charge in [0.25, 0.3) is 0 Å². The van der Waals surface area contributed by atoms with E-state index >= 15 is 0 Å². The molecule has 21 heavy (non-hydrogen) atoms. The summed E-state index contributed by atoms with van der Waals surface area (Å²) in [6.07, 6.45) is 0. The van der Waals surface area contributed by atoms with Gasteiger partial charge in [-0.15, -0.1) is 0 Å². The number of halogens is 3. The average Bonchev–Trinajstić information content (AvgIpc) is 2.46. The predicted molar refractivity (Wildman–Crippen MR) is 87.7 cm³/mol. The van der Waals surface area contributed by atoms with Crippen LogP contribution in [0, 0.1) is 5.82 Å². The highest BCUT2D eigenvalue weighted by Gasteiger charge is 2.15. The van der Waals surface area contributed by atoms with E-state index in [0.29, 0.717) is 5.75 Å². The molecule has 0 aliphatic carbocycles. The summed E-state index contributed by atoms with van der Waals surface area (Å²) < 4.78 is 20.6. The maximum atomic E-state index is 14.0. The van der Waals surface area contributed by atoms with Gasteiger partial charge in [0.05, 0.1) is 5.02 Å². The second-order valence-electron chi connectivity index (χ2n) is 4.62. The van der Waals surface area contributed by atoms with E-state index in [1.54, 1.807) is 12.1 Å². The molecule has 0 aromatic heterocycles. The molecule has 0 saturated carbocycles. The highest BCUT2D eigenvalue weighted by molar-refractivity contribution is 9.10. The third-order valence-corrected chi connectivity index (χ3v) is 3.87. The van der Waals surface area contributed by atoms with Gasteiger partial charge < -0.3 is 10.1 Å². The molecule has 0 aliphatic heterocycles. The van der Waals surface area contributed by atoms with Gasteiger partial charge >= 0.3 is 0 Å². The number of ether oxygens (including phenoxy) is 1. The Hall–Kier alpha value is -1.10. The second-order valence-corrected chi connectivity index (χ2v) is 5.94. The molecule has 1 unspecified atom stereocenters. The Labute approximate surface area is 137 Å². The van der Waals surface area contributed by atoms with Gasteiger partial charge in [-0.2, -0.15) is 0 Å². The molecular weight excluding hydrogens is 357 g/mol. The van der Waals surface area contributed by atoms with Crippen LogP contribution in [0.2, 0.25) is 5.02 Å². The molecule has 5 heteroatoms. The van der Waals surface area contributed by atoms with Crippen LogP contribution in [0.1, 0.15) is 25.5 Å². The lowest BCUT2D eigenvalue weighted by atomic mass is 10.1. The van der Waals surface area contributed by atoms with Crippen molar-refractivity contribution in [1.82, 2.24) is 5.32 Å². The molecule has 0 bridgehead atoms. The average molecular weight is 373 g/mol. The smallest absolute Gasteiger partial charge is 0.184 e. The van der Waals surface area contributed by atoms with Crippen LogP contribution in [0.15, 0.2) is 40.9 Å². The van der Waals surface area contributed by atoms with E-state index in [1.807, 2.05) is 32.0 Å². The Balaban J connectivity index is 2.37. The number of hydrogen-bond acceptors (Lipinski definition) is 2. The van der Waals surface area contributed by atoms with E-state index in [2.05, 4.69) is 21.2 Å². The van der Waals surface area contributed by atoms with E-state index in [0.717, 1.165) is 16.6 Å². The minimum absolute atomic E-state index is 0.0471. The van der Waals surface area contributed by atoms with Crippen LogP contribution in [0.5, 0.6) is 11.5 Å². The molecular formula is C16H16BrClFNO. The first kappa shape index (κ1) is 16.3. The summed E-state index contributed by atoms with van der Waals surface area (Å²) in [5.41, 5.74) is 0.950. The molecule has 0 radical (unpaired) electrons. The fraction of sp³-hybridized carbons (Fsp3) is 0.250. The van der Waals surface area contributed by atoms with E-state index < -0.39 is 5.82 Å². The van der Waals surface area contributed by atoms with E-state index in [4.69, 9.17) is 16.3 Å². The third kappa shape index (κ3) is 3.96. The normalized spacial score (nSPS) is 12.2. The van der Waals surface area contributed by atoms with Gasteiger partial charge in [-0.3, -0.25) is 0 Å². The molecule has 0 amide bonds. The first-order valence-corrected chi connectivity index (χ1v) is 7.84. The SMILES string of the molecule is CCNC(C)c1cc(Br)ccc1Oc1cccc(Cl)c1F. The lowest BCUT2D eigenvalue weighted by Crippen LogP contribution is -2.18. The minimum atomic E-state index is -0.552. The summed E-state index contributed by atoms with van der Waals surface area (Å²) in [6, 6.07) is 10.4. The Morgan fingerprint density at radius 1 is 1.29 bits per heavy atom. The quantitative estimate of drug-likeness (QED) is 0.726. The van der Waals surface area contributed by atoms with Crippen LogP contribution < -0.4 is 10.1 Å². The number of benzene rings is 2. The molecule has 0 spiro atoms. The van der Waals surface area contributed by atoms with Crippen molar-refractivity contribution in [3.63, 3.8) is 0 Å². The van der Waals surface area contributed by atoms with Gasteiger partial charge in [0.2, 0.25) is 0 Å². The Morgan fingerprint density at radius 3 is 2.76 bits per heavy atom. The van der Waals surface area contributed by atoms with Crippen molar-refractivity contribution in [1.29, 1.82) is 0 Å².